The van der Waals surface area contributed by atoms with Gasteiger partial charge in [0, 0.05) is 24.4 Å². The molecule has 4 rings (SSSR count). The summed E-state index contributed by atoms with van der Waals surface area (Å²) in [7, 11) is 0. The summed E-state index contributed by atoms with van der Waals surface area (Å²) in [6.07, 6.45) is -0.00758. The van der Waals surface area contributed by atoms with E-state index in [0.29, 0.717) is 6.42 Å². The predicted octanol–water partition coefficient (Wildman–Crippen LogP) is 3.70. The third-order valence-corrected chi connectivity index (χ3v) is 5.83. The second-order valence-electron chi connectivity index (χ2n) is 8.04. The summed E-state index contributed by atoms with van der Waals surface area (Å²) < 4.78 is 10.4. The minimum absolute atomic E-state index is 0.000488. The van der Waals surface area contributed by atoms with Crippen LogP contribution >= 0.6 is 0 Å². The first-order chi connectivity index (χ1) is 16.5. The maximum atomic E-state index is 12.5. The molecule has 176 valence electrons. The van der Waals surface area contributed by atoms with Crippen LogP contribution in [0.4, 0.5) is 4.79 Å². The van der Waals surface area contributed by atoms with Gasteiger partial charge in [-0.1, -0.05) is 60.6 Å². The number of carboxylic acids is 1. The lowest BCUT2D eigenvalue weighted by Crippen LogP contribution is -2.39. The number of carbonyl (C=O) groups excluding carboxylic acids is 2. The highest BCUT2D eigenvalue weighted by Gasteiger charge is 2.29. The Morgan fingerprint density at radius 1 is 1.09 bits per heavy atom. The van der Waals surface area contributed by atoms with Crippen molar-refractivity contribution in [2.24, 2.45) is 0 Å². The maximum Gasteiger partial charge on any atom is 0.407 e. The van der Waals surface area contributed by atoms with Crippen molar-refractivity contribution < 1.29 is 28.8 Å². The Hall–Kier alpha value is -4.14. The van der Waals surface area contributed by atoms with Crippen LogP contribution in [-0.2, 0) is 16.1 Å². The third kappa shape index (κ3) is 5.09. The van der Waals surface area contributed by atoms with Crippen LogP contribution in [0.2, 0.25) is 0 Å². The van der Waals surface area contributed by atoms with Crippen LogP contribution in [-0.4, -0.2) is 40.9 Å². The van der Waals surface area contributed by atoms with Gasteiger partial charge in [-0.3, -0.25) is 4.79 Å². The summed E-state index contributed by atoms with van der Waals surface area (Å²) in [6.45, 7) is 2.05. The van der Waals surface area contributed by atoms with Crippen LogP contribution in [0.5, 0.6) is 0 Å². The van der Waals surface area contributed by atoms with Crippen molar-refractivity contribution in [1.29, 1.82) is 0 Å². The number of alkyl carbamates (subject to hydrolysis) is 1. The zero-order valence-corrected chi connectivity index (χ0v) is 18.6. The van der Waals surface area contributed by atoms with E-state index in [1.807, 2.05) is 31.2 Å². The van der Waals surface area contributed by atoms with E-state index in [9.17, 15) is 14.4 Å². The lowest BCUT2D eigenvalue weighted by Gasteiger charge is -2.18. The number of carbonyl (C=O) groups is 3. The van der Waals surface area contributed by atoms with Gasteiger partial charge in [0.1, 0.15) is 6.61 Å². The molecule has 0 saturated carbocycles. The highest BCUT2D eigenvalue weighted by molar-refractivity contribution is 5.85. The van der Waals surface area contributed by atoms with Crippen molar-refractivity contribution in [3.63, 3.8) is 0 Å². The van der Waals surface area contributed by atoms with Gasteiger partial charge in [0.15, 0.2) is 11.5 Å². The van der Waals surface area contributed by atoms with Gasteiger partial charge in [-0.05, 0) is 28.7 Å². The highest BCUT2D eigenvalue weighted by atomic mass is 16.5. The largest absolute Gasteiger partial charge is 0.476 e. The molecule has 0 fully saturated rings. The van der Waals surface area contributed by atoms with E-state index in [1.54, 1.807) is 0 Å². The molecule has 3 N–H and O–H groups in total. The number of hydrogen-bond donors (Lipinski definition) is 3. The summed E-state index contributed by atoms with van der Waals surface area (Å²) in [4.78, 5) is 35.6. The monoisotopic (exact) mass is 463 g/mol. The zero-order valence-electron chi connectivity index (χ0n) is 18.6. The van der Waals surface area contributed by atoms with Gasteiger partial charge in [-0.15, -0.1) is 0 Å². The first-order valence-electron chi connectivity index (χ1n) is 11.0. The van der Waals surface area contributed by atoms with E-state index in [2.05, 4.69) is 40.1 Å². The molecule has 0 saturated heterocycles. The second kappa shape index (κ2) is 10.2. The number of rotatable bonds is 9. The molecule has 1 unspecified atom stereocenters. The number of ether oxygens (including phenoxy) is 1. The van der Waals surface area contributed by atoms with E-state index in [4.69, 9.17) is 14.4 Å². The fourth-order valence-electron chi connectivity index (χ4n) is 4.08. The molecule has 1 aliphatic carbocycles. The zero-order chi connectivity index (χ0) is 24.1. The van der Waals surface area contributed by atoms with E-state index >= 15 is 0 Å². The number of carboxylic acid groups (broad SMARTS) is 1. The van der Waals surface area contributed by atoms with Crippen molar-refractivity contribution in [2.45, 2.75) is 38.3 Å². The minimum Gasteiger partial charge on any atom is -0.476 e. The van der Waals surface area contributed by atoms with Crippen molar-refractivity contribution >= 4 is 18.0 Å². The number of amides is 2. The van der Waals surface area contributed by atoms with Crippen LogP contribution in [0.15, 0.2) is 59.1 Å². The average molecular weight is 463 g/mol. The lowest BCUT2D eigenvalue weighted by molar-refractivity contribution is -0.121. The number of fused-ring (bicyclic) bond motifs is 3. The maximum absolute atomic E-state index is 12.5. The fourth-order valence-corrected chi connectivity index (χ4v) is 4.08. The normalized spacial score (nSPS) is 13.0. The lowest BCUT2D eigenvalue weighted by atomic mass is 9.98. The molecule has 0 bridgehead atoms. The third-order valence-electron chi connectivity index (χ3n) is 5.83. The number of aromatic carboxylic acids is 1. The van der Waals surface area contributed by atoms with Gasteiger partial charge in [-0.2, -0.15) is 0 Å². The number of nitrogens with one attached hydrogen (secondary N) is 2. The van der Waals surface area contributed by atoms with Gasteiger partial charge in [0.05, 0.1) is 6.54 Å². The molecule has 1 atom stereocenters. The molecule has 34 heavy (non-hydrogen) atoms. The number of benzene rings is 2. The molecular formula is C25H25N3O6. The fraction of sp³-hybridized carbons (Fsp3) is 0.280. The number of nitrogens with zero attached hydrogens (tertiary/aromatic N) is 1. The molecule has 1 aliphatic rings. The van der Waals surface area contributed by atoms with Crippen LogP contribution in [0, 0.1) is 0 Å². The first-order valence-corrected chi connectivity index (χ1v) is 11.0. The van der Waals surface area contributed by atoms with Crippen molar-refractivity contribution in [3.8, 4) is 11.1 Å². The molecule has 2 amide bonds. The SMILES string of the molecule is CCC(CC(=O)NCc1cc(C(=O)O)no1)NC(=O)OCC1c2ccccc2-c2ccccc21. The van der Waals surface area contributed by atoms with Crippen LogP contribution in [0.3, 0.4) is 0 Å². The van der Waals surface area contributed by atoms with E-state index in [0.717, 1.165) is 22.3 Å². The van der Waals surface area contributed by atoms with Crippen molar-refractivity contribution in [3.05, 3.63) is 77.2 Å². The molecule has 0 aliphatic heterocycles. The smallest absolute Gasteiger partial charge is 0.407 e. The van der Waals surface area contributed by atoms with Crippen LogP contribution in [0.25, 0.3) is 11.1 Å². The van der Waals surface area contributed by atoms with Crippen molar-refractivity contribution in [1.82, 2.24) is 15.8 Å². The van der Waals surface area contributed by atoms with Gasteiger partial charge < -0.3 is 25.0 Å². The standard InChI is InChI=1S/C25H25N3O6/c1-2-15(11-23(29)26-13-16-12-22(24(30)31)28-34-16)27-25(32)33-14-21-19-9-5-3-7-17(19)18-8-4-6-10-20(18)21/h3-10,12,15,21H,2,11,13-14H2,1H3,(H,26,29)(H,27,32)(H,30,31). The summed E-state index contributed by atoms with van der Waals surface area (Å²) in [6, 6.07) is 17.0. The summed E-state index contributed by atoms with van der Waals surface area (Å²) >= 11 is 0. The van der Waals surface area contributed by atoms with Gasteiger partial charge >= 0.3 is 12.1 Å². The predicted molar refractivity (Wildman–Crippen MR) is 122 cm³/mol. The van der Waals surface area contributed by atoms with Gasteiger partial charge in [-0.25, -0.2) is 9.59 Å². The van der Waals surface area contributed by atoms with E-state index in [-0.39, 0.29) is 42.9 Å². The first kappa shape index (κ1) is 23.0. The molecule has 0 spiro atoms. The molecular weight excluding hydrogens is 438 g/mol. The summed E-state index contributed by atoms with van der Waals surface area (Å²) in [5, 5.41) is 17.6. The average Bonchev–Trinajstić information content (AvgIpc) is 3.44. The van der Waals surface area contributed by atoms with E-state index < -0.39 is 18.1 Å². The molecule has 3 aromatic rings. The van der Waals surface area contributed by atoms with Gasteiger partial charge in [0.25, 0.3) is 0 Å². The van der Waals surface area contributed by atoms with Crippen molar-refractivity contribution in [2.75, 3.05) is 6.61 Å². The Kier molecular flexibility index (Phi) is 6.91. The Morgan fingerprint density at radius 2 is 1.74 bits per heavy atom. The summed E-state index contributed by atoms with van der Waals surface area (Å²) in [5.74, 6) is -1.35. The Bertz CT molecular complexity index is 1160. The Labute approximate surface area is 196 Å². The Morgan fingerprint density at radius 3 is 2.32 bits per heavy atom. The van der Waals surface area contributed by atoms with E-state index in [1.165, 1.54) is 6.07 Å². The molecule has 1 aromatic heterocycles. The highest BCUT2D eigenvalue weighted by Crippen LogP contribution is 2.44. The van der Waals surface area contributed by atoms with Gasteiger partial charge in [0.2, 0.25) is 5.91 Å². The topological polar surface area (TPSA) is 131 Å². The second-order valence-corrected chi connectivity index (χ2v) is 8.04. The molecule has 9 nitrogen and oxygen atoms in total. The van der Waals surface area contributed by atoms with Crippen LogP contribution < -0.4 is 10.6 Å². The summed E-state index contributed by atoms with van der Waals surface area (Å²) in [5.41, 5.74) is 4.32. The molecule has 0 radical (unpaired) electrons. The quantitative estimate of drug-likeness (QED) is 0.441. The number of hydrogen-bond acceptors (Lipinski definition) is 6. The molecule has 9 heteroatoms. The molecule has 2 aromatic carbocycles. The Balaban J connectivity index is 1.28. The van der Waals surface area contributed by atoms with Crippen LogP contribution in [0.1, 0.15) is 53.1 Å². The minimum atomic E-state index is -1.21. The number of aromatic nitrogens is 1. The molecule has 1 heterocycles.